The van der Waals surface area contributed by atoms with Crippen molar-refractivity contribution in [2.75, 3.05) is 0 Å². The summed E-state index contributed by atoms with van der Waals surface area (Å²) in [6.45, 7) is 0. The zero-order valence-electron chi connectivity index (χ0n) is 8.30. The fourth-order valence-corrected chi connectivity index (χ4v) is 1.16. The van der Waals surface area contributed by atoms with Gasteiger partial charge in [0.05, 0.1) is 0 Å². The summed E-state index contributed by atoms with van der Waals surface area (Å²) in [6, 6.07) is 19.2. The first-order valence-corrected chi connectivity index (χ1v) is 5.05. The van der Waals surface area contributed by atoms with Crippen LogP contribution in [0.1, 0.15) is 0 Å². The number of hydrogen-bond donors (Lipinski definition) is 0. The van der Waals surface area contributed by atoms with E-state index in [4.69, 9.17) is 25.3 Å². The van der Waals surface area contributed by atoms with Gasteiger partial charge in [-0.2, -0.15) is 9.79 Å². The third-order valence-electron chi connectivity index (χ3n) is 1.49. The zero-order valence-corrected chi connectivity index (χ0v) is 15.4. The smallest absolute Gasteiger partial charge is 0.780 e. The van der Waals surface area contributed by atoms with Crippen molar-refractivity contribution >= 4 is 25.3 Å². The second-order valence-corrected chi connectivity index (χ2v) is 3.57. The third kappa shape index (κ3) is 7.71. The van der Waals surface area contributed by atoms with Gasteiger partial charge in [-0.15, -0.1) is 0 Å². The van der Waals surface area contributed by atoms with Crippen molar-refractivity contribution in [3.8, 4) is 0 Å². The maximum Gasteiger partial charge on any atom is 2.00 e. The minimum absolute atomic E-state index is 0. The molecular formula is C12H10HgS2. The van der Waals surface area contributed by atoms with E-state index in [-0.39, 0.29) is 27.7 Å². The molecule has 0 heterocycles. The molecule has 2 aromatic carbocycles. The van der Waals surface area contributed by atoms with Crippen LogP contribution in [-0.4, -0.2) is 0 Å². The normalized spacial score (nSPS) is 8.00. The maximum absolute atomic E-state index is 4.81. The van der Waals surface area contributed by atoms with Crippen molar-refractivity contribution in [2.45, 2.75) is 9.79 Å². The quantitative estimate of drug-likeness (QED) is 0.476. The van der Waals surface area contributed by atoms with Crippen molar-refractivity contribution in [1.29, 1.82) is 0 Å². The van der Waals surface area contributed by atoms with Crippen LogP contribution in [-0.2, 0) is 52.9 Å². The first kappa shape index (κ1) is 14.8. The van der Waals surface area contributed by atoms with Gasteiger partial charge in [0.2, 0.25) is 0 Å². The Kier molecular flexibility index (Phi) is 8.96. The van der Waals surface area contributed by atoms with Gasteiger partial charge in [-0.3, -0.25) is 0 Å². The Morgan fingerprint density at radius 3 is 0.933 bits per heavy atom. The molecule has 0 saturated heterocycles. The van der Waals surface area contributed by atoms with Crippen LogP contribution in [0.4, 0.5) is 0 Å². The average Bonchev–Trinajstić information content (AvgIpc) is 2.21. The summed E-state index contributed by atoms with van der Waals surface area (Å²) in [7, 11) is 0. The Balaban J connectivity index is 0.000000245. The number of benzene rings is 2. The average molecular weight is 419 g/mol. The van der Waals surface area contributed by atoms with Crippen LogP contribution in [0.3, 0.4) is 0 Å². The van der Waals surface area contributed by atoms with Gasteiger partial charge in [0.1, 0.15) is 0 Å². The molecule has 2 aromatic rings. The van der Waals surface area contributed by atoms with Crippen LogP contribution in [0.15, 0.2) is 70.5 Å². The standard InChI is InChI=1S/2C6H6S.Hg/c2*7-6-4-2-1-3-5-6;/h2*1-5,7H;/q;;+2/p-2. The molecule has 0 nitrogen and oxygen atoms in total. The van der Waals surface area contributed by atoms with Gasteiger partial charge in [0.25, 0.3) is 0 Å². The Labute approximate surface area is 122 Å². The monoisotopic (exact) mass is 420 g/mol. The van der Waals surface area contributed by atoms with Crippen molar-refractivity contribution in [3.63, 3.8) is 0 Å². The van der Waals surface area contributed by atoms with E-state index < -0.39 is 0 Å². The summed E-state index contributed by atoms with van der Waals surface area (Å²) in [5.41, 5.74) is 0. The SMILES string of the molecule is [Hg+2].[S-]c1ccccc1.[S-]c1ccccc1. The van der Waals surface area contributed by atoms with Crippen LogP contribution in [0.25, 0.3) is 0 Å². The molecule has 0 amide bonds. The predicted octanol–water partition coefficient (Wildman–Crippen LogP) is 3.18. The molecule has 0 bridgehead atoms. The molecule has 0 saturated carbocycles. The summed E-state index contributed by atoms with van der Waals surface area (Å²) >= 11 is 9.62. The van der Waals surface area contributed by atoms with Crippen LogP contribution >= 0.6 is 0 Å². The summed E-state index contributed by atoms with van der Waals surface area (Å²) in [6.07, 6.45) is 0. The Bertz CT molecular complexity index is 311. The van der Waals surface area contributed by atoms with Gasteiger partial charge >= 0.3 is 27.7 Å². The molecule has 0 aromatic heterocycles. The second kappa shape index (κ2) is 9.07. The molecule has 3 heteroatoms. The van der Waals surface area contributed by atoms with Crippen LogP contribution in [0.2, 0.25) is 0 Å². The largest absolute Gasteiger partial charge is 2.00 e. The molecule has 0 fully saturated rings. The molecule has 0 spiro atoms. The molecular weight excluding hydrogens is 409 g/mol. The molecule has 15 heavy (non-hydrogen) atoms. The number of rotatable bonds is 0. The first-order chi connectivity index (χ1) is 6.79. The van der Waals surface area contributed by atoms with Gasteiger partial charge in [-0.1, -0.05) is 60.7 Å². The van der Waals surface area contributed by atoms with E-state index in [0.29, 0.717) is 0 Å². The minimum Gasteiger partial charge on any atom is -0.780 e. The van der Waals surface area contributed by atoms with E-state index in [1.54, 1.807) is 0 Å². The van der Waals surface area contributed by atoms with E-state index in [1.165, 1.54) is 0 Å². The molecule has 0 radical (unpaired) electrons. The molecule has 0 unspecified atom stereocenters. The Hall–Kier alpha value is -0.185. The zero-order chi connectivity index (χ0) is 10.2. The van der Waals surface area contributed by atoms with Gasteiger partial charge in [0.15, 0.2) is 0 Å². The molecule has 2 rings (SSSR count). The molecule has 0 aliphatic carbocycles. The Morgan fingerprint density at radius 1 is 0.533 bits per heavy atom. The first-order valence-electron chi connectivity index (χ1n) is 4.23. The second-order valence-electron chi connectivity index (χ2n) is 2.63. The van der Waals surface area contributed by atoms with Crippen LogP contribution < -0.4 is 0 Å². The molecule has 72 valence electrons. The summed E-state index contributed by atoms with van der Waals surface area (Å²) in [5.74, 6) is 0. The minimum atomic E-state index is 0. The fraction of sp³-hybridized carbons (Fsp3) is 0. The van der Waals surface area contributed by atoms with E-state index in [2.05, 4.69) is 0 Å². The van der Waals surface area contributed by atoms with Crippen molar-refractivity contribution < 1.29 is 27.7 Å². The van der Waals surface area contributed by atoms with Gasteiger partial charge in [-0.05, 0) is 0 Å². The third-order valence-corrected chi connectivity index (χ3v) is 2.03. The van der Waals surface area contributed by atoms with Gasteiger partial charge < -0.3 is 25.3 Å². The van der Waals surface area contributed by atoms with Crippen molar-refractivity contribution in [3.05, 3.63) is 60.7 Å². The van der Waals surface area contributed by atoms with E-state index in [0.717, 1.165) is 9.79 Å². The predicted molar refractivity (Wildman–Crippen MR) is 64.1 cm³/mol. The van der Waals surface area contributed by atoms with Gasteiger partial charge in [0, 0.05) is 0 Å². The molecule has 0 N–H and O–H groups in total. The maximum atomic E-state index is 4.81. The van der Waals surface area contributed by atoms with Crippen molar-refractivity contribution in [1.82, 2.24) is 0 Å². The summed E-state index contributed by atoms with van der Waals surface area (Å²) < 4.78 is 0. The van der Waals surface area contributed by atoms with Gasteiger partial charge in [-0.25, -0.2) is 0 Å². The van der Waals surface area contributed by atoms with Crippen LogP contribution in [0, 0.1) is 0 Å². The van der Waals surface area contributed by atoms with Crippen molar-refractivity contribution in [2.24, 2.45) is 0 Å². The number of hydrogen-bond acceptors (Lipinski definition) is 2. The Morgan fingerprint density at radius 2 is 0.800 bits per heavy atom. The van der Waals surface area contributed by atoms with E-state index in [1.807, 2.05) is 60.7 Å². The summed E-state index contributed by atoms with van der Waals surface area (Å²) in [5, 5.41) is 0. The molecule has 0 aliphatic heterocycles. The topological polar surface area (TPSA) is 0 Å². The molecule has 0 aliphatic rings. The summed E-state index contributed by atoms with van der Waals surface area (Å²) in [4.78, 5) is 1.81. The molecule has 0 atom stereocenters. The van der Waals surface area contributed by atoms with E-state index >= 15 is 0 Å². The van der Waals surface area contributed by atoms with E-state index in [9.17, 15) is 0 Å². The fourth-order valence-electron chi connectivity index (χ4n) is 0.841. The van der Waals surface area contributed by atoms with Crippen LogP contribution in [0.5, 0.6) is 0 Å².